The van der Waals surface area contributed by atoms with E-state index in [2.05, 4.69) is 20.9 Å². The maximum atomic E-state index is 12.2. The normalized spacial score (nSPS) is 19.8. The van der Waals surface area contributed by atoms with Crippen LogP contribution < -0.4 is 20.9 Å². The molecule has 0 aromatic carbocycles. The van der Waals surface area contributed by atoms with E-state index >= 15 is 0 Å². The van der Waals surface area contributed by atoms with Gasteiger partial charge in [0.05, 0.1) is 18.2 Å². The van der Waals surface area contributed by atoms with Gasteiger partial charge in [0.25, 0.3) is 0 Å². The minimum Gasteiger partial charge on any atom is -0.383 e. The van der Waals surface area contributed by atoms with Crippen molar-refractivity contribution < 1.29 is 9.53 Å². The molecular formula is C18H30N6O2. The Kier molecular flexibility index (Phi) is 6.62. The van der Waals surface area contributed by atoms with Crippen molar-refractivity contribution in [3.63, 3.8) is 0 Å². The number of carbonyl (C=O) groups is 1. The summed E-state index contributed by atoms with van der Waals surface area (Å²) in [6.07, 6.45) is 2.69. The largest absolute Gasteiger partial charge is 0.383 e. The molecule has 3 N–H and O–H groups in total. The maximum absolute atomic E-state index is 12.2. The van der Waals surface area contributed by atoms with E-state index in [1.165, 1.54) is 5.56 Å². The summed E-state index contributed by atoms with van der Waals surface area (Å²) >= 11 is 0. The average molecular weight is 362 g/mol. The minimum atomic E-state index is 0.0365. The molecule has 8 heteroatoms. The first kappa shape index (κ1) is 18.8. The summed E-state index contributed by atoms with van der Waals surface area (Å²) in [5.74, 6) is 1.83. The van der Waals surface area contributed by atoms with Gasteiger partial charge in [-0.25, -0.2) is 4.98 Å². The highest BCUT2D eigenvalue weighted by molar-refractivity contribution is 5.80. The lowest BCUT2D eigenvalue weighted by molar-refractivity contribution is -0.124. The Morgan fingerprint density at radius 1 is 1.35 bits per heavy atom. The van der Waals surface area contributed by atoms with Crippen molar-refractivity contribution in [3.8, 4) is 0 Å². The van der Waals surface area contributed by atoms with Gasteiger partial charge in [-0.2, -0.15) is 4.98 Å². The van der Waals surface area contributed by atoms with Crippen molar-refractivity contribution in [3.05, 3.63) is 11.3 Å². The third-order valence-corrected chi connectivity index (χ3v) is 4.96. The molecule has 0 unspecified atom stereocenters. The fraction of sp³-hybridized carbons (Fsp3) is 0.722. The van der Waals surface area contributed by atoms with Gasteiger partial charge < -0.3 is 25.6 Å². The lowest BCUT2D eigenvalue weighted by Crippen LogP contribution is -2.33. The molecule has 1 fully saturated rings. The molecule has 8 nitrogen and oxygen atoms in total. The summed E-state index contributed by atoms with van der Waals surface area (Å²) in [7, 11) is 1.68. The molecule has 3 heterocycles. The summed E-state index contributed by atoms with van der Waals surface area (Å²) < 4.78 is 5.11. The predicted octanol–water partition coefficient (Wildman–Crippen LogP) is 0.186. The minimum absolute atomic E-state index is 0.0365. The first-order valence-corrected chi connectivity index (χ1v) is 9.59. The van der Waals surface area contributed by atoms with Crippen molar-refractivity contribution in [1.82, 2.24) is 20.6 Å². The number of ether oxygens (including phenoxy) is 1. The van der Waals surface area contributed by atoms with Gasteiger partial charge in [0.15, 0.2) is 0 Å². The Labute approximate surface area is 155 Å². The van der Waals surface area contributed by atoms with Crippen LogP contribution in [0.2, 0.25) is 0 Å². The highest BCUT2D eigenvalue weighted by atomic mass is 16.5. The van der Waals surface area contributed by atoms with E-state index in [4.69, 9.17) is 14.7 Å². The van der Waals surface area contributed by atoms with E-state index in [1.807, 2.05) is 6.92 Å². The number of hydrogen-bond acceptors (Lipinski definition) is 7. The summed E-state index contributed by atoms with van der Waals surface area (Å²) in [6, 6.07) is 0. The lowest BCUT2D eigenvalue weighted by Gasteiger charge is -2.23. The molecule has 0 spiro atoms. The lowest BCUT2D eigenvalue weighted by atomic mass is 10.1. The van der Waals surface area contributed by atoms with E-state index in [9.17, 15) is 4.79 Å². The zero-order valence-corrected chi connectivity index (χ0v) is 15.8. The van der Waals surface area contributed by atoms with Crippen LogP contribution in [0.4, 0.5) is 11.8 Å². The maximum Gasteiger partial charge on any atom is 0.224 e. The molecule has 1 atom stereocenters. The fourth-order valence-corrected chi connectivity index (χ4v) is 3.62. The number of anilines is 2. The van der Waals surface area contributed by atoms with Crippen molar-refractivity contribution >= 4 is 17.7 Å². The molecule has 1 aromatic heterocycles. The molecule has 26 heavy (non-hydrogen) atoms. The van der Waals surface area contributed by atoms with Crippen LogP contribution in [0.15, 0.2) is 0 Å². The van der Waals surface area contributed by atoms with Crippen molar-refractivity contribution in [2.24, 2.45) is 5.92 Å². The number of rotatable bonds is 7. The SMILES string of the molecule is CCNC(=O)[C@@H]1CCN(c2nc(NCCOC)nc3c2CCNCC3)C1. The van der Waals surface area contributed by atoms with Crippen LogP contribution in [-0.4, -0.2) is 68.9 Å². The zero-order chi connectivity index (χ0) is 18.4. The quantitative estimate of drug-likeness (QED) is 0.596. The van der Waals surface area contributed by atoms with Crippen molar-refractivity contribution in [2.75, 3.05) is 63.2 Å². The van der Waals surface area contributed by atoms with E-state index in [0.717, 1.165) is 57.0 Å². The Balaban J connectivity index is 1.82. The number of amides is 1. The number of aromatic nitrogens is 2. The van der Waals surface area contributed by atoms with Crippen LogP contribution >= 0.6 is 0 Å². The second-order valence-corrected chi connectivity index (χ2v) is 6.79. The molecule has 3 rings (SSSR count). The molecule has 1 saturated heterocycles. The van der Waals surface area contributed by atoms with Gasteiger partial charge in [0.2, 0.25) is 11.9 Å². The zero-order valence-electron chi connectivity index (χ0n) is 15.8. The molecule has 0 bridgehead atoms. The monoisotopic (exact) mass is 362 g/mol. The van der Waals surface area contributed by atoms with Gasteiger partial charge in [-0.1, -0.05) is 0 Å². The summed E-state index contributed by atoms with van der Waals surface area (Å²) in [4.78, 5) is 24.0. The third kappa shape index (κ3) is 4.42. The Hall–Kier alpha value is -1.93. The van der Waals surface area contributed by atoms with Crippen LogP contribution in [0.1, 0.15) is 24.6 Å². The van der Waals surface area contributed by atoms with Crippen molar-refractivity contribution in [2.45, 2.75) is 26.2 Å². The van der Waals surface area contributed by atoms with E-state index in [-0.39, 0.29) is 11.8 Å². The number of fused-ring (bicyclic) bond motifs is 1. The van der Waals surface area contributed by atoms with Gasteiger partial charge >= 0.3 is 0 Å². The number of nitrogens with zero attached hydrogens (tertiary/aromatic N) is 3. The number of carbonyl (C=O) groups excluding carboxylic acids is 1. The van der Waals surface area contributed by atoms with Gasteiger partial charge in [0.1, 0.15) is 5.82 Å². The smallest absolute Gasteiger partial charge is 0.224 e. The third-order valence-electron chi connectivity index (χ3n) is 4.96. The molecule has 0 radical (unpaired) electrons. The first-order chi connectivity index (χ1) is 12.7. The van der Waals surface area contributed by atoms with Crippen LogP contribution in [0.3, 0.4) is 0 Å². The molecule has 2 aliphatic heterocycles. The van der Waals surface area contributed by atoms with Gasteiger partial charge in [-0.05, 0) is 26.3 Å². The molecule has 2 aliphatic rings. The van der Waals surface area contributed by atoms with E-state index < -0.39 is 0 Å². The molecule has 0 aliphatic carbocycles. The summed E-state index contributed by atoms with van der Waals surface area (Å²) in [5.41, 5.74) is 2.34. The van der Waals surface area contributed by atoms with E-state index in [0.29, 0.717) is 25.6 Å². The highest BCUT2D eigenvalue weighted by Gasteiger charge is 2.31. The first-order valence-electron chi connectivity index (χ1n) is 9.59. The summed E-state index contributed by atoms with van der Waals surface area (Å²) in [6.45, 7) is 7.37. The highest BCUT2D eigenvalue weighted by Crippen LogP contribution is 2.29. The van der Waals surface area contributed by atoms with Gasteiger partial charge in [-0.15, -0.1) is 0 Å². The number of nitrogens with one attached hydrogen (secondary N) is 3. The van der Waals surface area contributed by atoms with Crippen molar-refractivity contribution in [1.29, 1.82) is 0 Å². The van der Waals surface area contributed by atoms with Crippen LogP contribution in [0.25, 0.3) is 0 Å². The van der Waals surface area contributed by atoms with Crippen LogP contribution in [0, 0.1) is 5.92 Å². The van der Waals surface area contributed by atoms with Crippen LogP contribution in [-0.2, 0) is 22.4 Å². The molecule has 1 aromatic rings. The van der Waals surface area contributed by atoms with E-state index in [1.54, 1.807) is 7.11 Å². The fourth-order valence-electron chi connectivity index (χ4n) is 3.62. The van der Waals surface area contributed by atoms with Crippen LogP contribution in [0.5, 0.6) is 0 Å². The Bertz CT molecular complexity index is 624. The standard InChI is InChI=1S/C18H30N6O2/c1-3-20-17(25)13-6-10-24(12-13)16-14-4-7-19-8-5-15(14)22-18(23-16)21-9-11-26-2/h13,19H,3-12H2,1-2H3,(H,20,25)(H,21,22,23)/t13-/m1/s1. The average Bonchev–Trinajstić information content (AvgIpc) is 3.01. The second-order valence-electron chi connectivity index (χ2n) is 6.79. The predicted molar refractivity (Wildman–Crippen MR) is 102 cm³/mol. The van der Waals surface area contributed by atoms with Gasteiger partial charge in [0, 0.05) is 51.8 Å². The number of methoxy groups -OCH3 is 1. The second kappa shape index (κ2) is 9.14. The Morgan fingerprint density at radius 2 is 2.19 bits per heavy atom. The van der Waals surface area contributed by atoms with Gasteiger partial charge in [-0.3, -0.25) is 4.79 Å². The number of hydrogen-bond donors (Lipinski definition) is 3. The molecule has 0 saturated carbocycles. The summed E-state index contributed by atoms with van der Waals surface area (Å²) in [5, 5.41) is 9.64. The molecular weight excluding hydrogens is 332 g/mol. The molecule has 144 valence electrons. The molecule has 1 amide bonds. The topological polar surface area (TPSA) is 91.4 Å². The Morgan fingerprint density at radius 3 is 3.00 bits per heavy atom.